The smallest absolute Gasteiger partial charge is 0.249 e. The monoisotopic (exact) mass is 448 g/mol. The molecule has 0 aliphatic carbocycles. The Kier molecular flexibility index (Phi) is 5.83. The molecule has 1 N–H and O–H groups in total. The van der Waals surface area contributed by atoms with Crippen molar-refractivity contribution in [3.63, 3.8) is 0 Å². The largest absolute Gasteiger partial charge is 0.508 e. The highest BCUT2D eigenvalue weighted by Crippen LogP contribution is 2.32. The van der Waals surface area contributed by atoms with Gasteiger partial charge in [-0.3, -0.25) is 4.90 Å². The van der Waals surface area contributed by atoms with E-state index in [0.29, 0.717) is 30.9 Å². The van der Waals surface area contributed by atoms with Gasteiger partial charge in [-0.25, -0.2) is 17.2 Å². The molecule has 0 saturated carbocycles. The fourth-order valence-electron chi connectivity index (χ4n) is 3.85. The number of benzene rings is 3. The Hall–Kier alpha value is -2.75. The maximum absolute atomic E-state index is 14.0. The van der Waals surface area contributed by atoms with Gasteiger partial charge in [0.25, 0.3) is 0 Å². The van der Waals surface area contributed by atoms with Crippen molar-refractivity contribution in [2.24, 2.45) is 0 Å². The molecule has 0 spiro atoms. The molecule has 1 aliphatic rings. The number of sulfonamides is 1. The van der Waals surface area contributed by atoms with E-state index < -0.39 is 26.6 Å². The number of halogens is 2. The maximum Gasteiger partial charge on any atom is 0.249 e. The molecule has 0 atom stereocenters. The van der Waals surface area contributed by atoms with Crippen LogP contribution in [0.2, 0.25) is 0 Å². The highest BCUT2D eigenvalue weighted by atomic mass is 32.2. The van der Waals surface area contributed by atoms with Crippen LogP contribution in [0.3, 0.4) is 0 Å². The van der Waals surface area contributed by atoms with Crippen molar-refractivity contribution in [1.82, 2.24) is 9.21 Å². The van der Waals surface area contributed by atoms with Crippen LogP contribution in [0.15, 0.2) is 53.4 Å². The lowest BCUT2D eigenvalue weighted by Crippen LogP contribution is -2.48. The molecule has 1 aliphatic heterocycles. The lowest BCUT2D eigenvalue weighted by atomic mass is 10.0. The molecule has 4 rings (SSSR count). The molecule has 164 valence electrons. The molecule has 0 aromatic heterocycles. The van der Waals surface area contributed by atoms with Crippen molar-refractivity contribution in [2.45, 2.75) is 11.4 Å². The number of aromatic hydroxyl groups is 1. The van der Waals surface area contributed by atoms with Crippen LogP contribution in [-0.2, 0) is 16.6 Å². The number of rotatable bonds is 5. The Morgan fingerprint density at radius 1 is 1.00 bits per heavy atom. The van der Waals surface area contributed by atoms with Crippen molar-refractivity contribution in [3.8, 4) is 11.5 Å². The first kappa shape index (κ1) is 21.5. The minimum Gasteiger partial charge on any atom is -0.508 e. The normalized spacial score (nSPS) is 16.0. The molecule has 0 radical (unpaired) electrons. The van der Waals surface area contributed by atoms with E-state index in [4.69, 9.17) is 4.74 Å². The minimum absolute atomic E-state index is 0.0883. The molecule has 0 bridgehead atoms. The Labute approximate surface area is 179 Å². The second-order valence-electron chi connectivity index (χ2n) is 7.38. The van der Waals surface area contributed by atoms with Crippen LogP contribution in [0.4, 0.5) is 8.78 Å². The summed E-state index contributed by atoms with van der Waals surface area (Å²) in [6.45, 7) is 1.29. The summed E-state index contributed by atoms with van der Waals surface area (Å²) in [7, 11) is -2.71. The van der Waals surface area contributed by atoms with Gasteiger partial charge < -0.3 is 9.84 Å². The second-order valence-corrected chi connectivity index (χ2v) is 9.26. The van der Waals surface area contributed by atoms with Gasteiger partial charge in [0.1, 0.15) is 23.1 Å². The lowest BCUT2D eigenvalue weighted by Gasteiger charge is -2.34. The van der Waals surface area contributed by atoms with E-state index in [2.05, 4.69) is 0 Å². The summed E-state index contributed by atoms with van der Waals surface area (Å²) in [5.41, 5.74) is 0.716. The van der Waals surface area contributed by atoms with E-state index in [1.807, 2.05) is 29.2 Å². The third-order valence-corrected chi connectivity index (χ3v) is 7.50. The first-order valence-electron chi connectivity index (χ1n) is 9.76. The zero-order valence-corrected chi connectivity index (χ0v) is 17.7. The molecule has 9 heteroatoms. The molecule has 31 heavy (non-hydrogen) atoms. The zero-order valence-electron chi connectivity index (χ0n) is 16.9. The predicted octanol–water partition coefficient (Wildman–Crippen LogP) is 3.34. The molecule has 1 fully saturated rings. The average molecular weight is 448 g/mol. The summed E-state index contributed by atoms with van der Waals surface area (Å²) in [5.74, 6) is -1.39. The number of piperazine rings is 1. The fourth-order valence-corrected chi connectivity index (χ4v) is 5.38. The summed E-state index contributed by atoms with van der Waals surface area (Å²) in [4.78, 5) is 1.08. The number of methoxy groups -OCH3 is 1. The Bertz CT molecular complexity index is 1210. The third-order valence-electron chi connectivity index (χ3n) is 5.55. The van der Waals surface area contributed by atoms with E-state index >= 15 is 0 Å². The van der Waals surface area contributed by atoms with Gasteiger partial charge in [0.2, 0.25) is 10.0 Å². The summed E-state index contributed by atoms with van der Waals surface area (Å²) < 4.78 is 60.0. The maximum atomic E-state index is 14.0. The average Bonchev–Trinajstić information content (AvgIpc) is 2.75. The topological polar surface area (TPSA) is 70.1 Å². The quantitative estimate of drug-likeness (QED) is 0.648. The highest BCUT2D eigenvalue weighted by molar-refractivity contribution is 7.89. The van der Waals surface area contributed by atoms with Crippen molar-refractivity contribution in [1.29, 1.82) is 0 Å². The molecular formula is C22H22F2N2O4S. The number of ether oxygens (including phenoxy) is 1. The number of hydrogen-bond acceptors (Lipinski definition) is 5. The molecule has 1 heterocycles. The number of hydrogen-bond donors (Lipinski definition) is 1. The molecule has 1 saturated heterocycles. The lowest BCUT2D eigenvalue weighted by molar-refractivity contribution is 0.180. The van der Waals surface area contributed by atoms with E-state index in [1.54, 1.807) is 13.2 Å². The van der Waals surface area contributed by atoms with E-state index in [9.17, 15) is 22.3 Å². The van der Waals surface area contributed by atoms with Gasteiger partial charge in [-0.05, 0) is 41.1 Å². The molecule has 0 unspecified atom stereocenters. The van der Waals surface area contributed by atoms with Crippen molar-refractivity contribution < 1.29 is 27.0 Å². The first-order chi connectivity index (χ1) is 14.8. The van der Waals surface area contributed by atoms with Crippen LogP contribution in [0.1, 0.15) is 5.56 Å². The van der Waals surface area contributed by atoms with Crippen LogP contribution in [0.5, 0.6) is 11.5 Å². The number of phenolic OH excluding ortho intramolecular Hbond substituents is 1. The summed E-state index contributed by atoms with van der Waals surface area (Å²) in [5, 5.41) is 12.2. The summed E-state index contributed by atoms with van der Waals surface area (Å²) in [6, 6.07) is 12.1. The van der Waals surface area contributed by atoms with Crippen molar-refractivity contribution in [3.05, 3.63) is 65.7 Å². The van der Waals surface area contributed by atoms with Gasteiger partial charge in [0.15, 0.2) is 4.90 Å². The first-order valence-corrected chi connectivity index (χ1v) is 11.2. The molecule has 6 nitrogen and oxygen atoms in total. The van der Waals surface area contributed by atoms with E-state index in [-0.39, 0.29) is 18.8 Å². The van der Waals surface area contributed by atoms with Gasteiger partial charge in [-0.15, -0.1) is 0 Å². The number of fused-ring (bicyclic) bond motifs is 1. The van der Waals surface area contributed by atoms with Gasteiger partial charge in [0.05, 0.1) is 7.11 Å². The molecule has 3 aromatic rings. The van der Waals surface area contributed by atoms with Crippen molar-refractivity contribution in [2.75, 3.05) is 33.3 Å². The Morgan fingerprint density at radius 2 is 1.65 bits per heavy atom. The standard InChI is InChI=1S/C22H22F2N2O4S/c1-30-16-7-5-15-6-8-21(27)18(17(15)13-16)14-25-9-11-26(12-10-25)31(28,29)22-19(23)3-2-4-20(22)24/h2-8,13,27H,9-12,14H2,1H3. The van der Waals surface area contributed by atoms with Crippen LogP contribution < -0.4 is 4.74 Å². The fraction of sp³-hybridized carbons (Fsp3) is 0.273. The third kappa shape index (κ3) is 4.08. The predicted molar refractivity (Wildman–Crippen MR) is 113 cm³/mol. The van der Waals surface area contributed by atoms with Crippen LogP contribution in [0.25, 0.3) is 10.8 Å². The van der Waals surface area contributed by atoms with Crippen LogP contribution >= 0.6 is 0 Å². The Balaban J connectivity index is 1.53. The van der Waals surface area contributed by atoms with Gasteiger partial charge in [-0.1, -0.05) is 18.2 Å². The van der Waals surface area contributed by atoms with Crippen LogP contribution in [-0.4, -0.2) is 56.0 Å². The highest BCUT2D eigenvalue weighted by Gasteiger charge is 2.33. The zero-order chi connectivity index (χ0) is 22.2. The molecular weight excluding hydrogens is 426 g/mol. The Morgan fingerprint density at radius 3 is 2.29 bits per heavy atom. The van der Waals surface area contributed by atoms with Crippen LogP contribution in [0, 0.1) is 11.6 Å². The van der Waals surface area contributed by atoms with Crippen molar-refractivity contribution >= 4 is 20.8 Å². The molecule has 3 aromatic carbocycles. The SMILES string of the molecule is COc1ccc2ccc(O)c(CN3CCN(S(=O)(=O)c4c(F)cccc4F)CC3)c2c1. The summed E-state index contributed by atoms with van der Waals surface area (Å²) >= 11 is 0. The number of phenols is 1. The van der Waals surface area contributed by atoms with Gasteiger partial charge >= 0.3 is 0 Å². The second kappa shape index (κ2) is 8.41. The minimum atomic E-state index is -4.28. The molecule has 0 amide bonds. The summed E-state index contributed by atoms with van der Waals surface area (Å²) in [6.07, 6.45) is 0. The van der Waals surface area contributed by atoms with Gasteiger partial charge in [-0.2, -0.15) is 4.31 Å². The van der Waals surface area contributed by atoms with Gasteiger partial charge in [0, 0.05) is 38.3 Å². The van der Waals surface area contributed by atoms with E-state index in [1.165, 1.54) is 0 Å². The number of nitrogens with zero attached hydrogens (tertiary/aromatic N) is 2. The van der Waals surface area contributed by atoms with E-state index in [0.717, 1.165) is 33.3 Å².